The van der Waals surface area contributed by atoms with Crippen molar-refractivity contribution in [2.24, 2.45) is 0 Å². The topological polar surface area (TPSA) is 9.23 Å². The van der Waals surface area contributed by atoms with Crippen molar-refractivity contribution in [1.82, 2.24) is 0 Å². The molecule has 0 heterocycles. The number of rotatable bonds is 3. The van der Waals surface area contributed by atoms with Gasteiger partial charge < -0.3 is 4.74 Å². The third kappa shape index (κ3) is 2.27. The molecule has 0 aliphatic carbocycles. The van der Waals surface area contributed by atoms with Gasteiger partial charge in [0.1, 0.15) is 5.75 Å². The predicted octanol–water partition coefficient (Wildman–Crippen LogP) is 5.00. The molecular weight excluding hydrogens is 244 g/mol. The minimum atomic E-state index is 0.368. The van der Waals surface area contributed by atoms with Crippen LogP contribution in [0, 0.1) is 0 Å². The van der Waals surface area contributed by atoms with E-state index in [0.717, 1.165) is 5.75 Å². The minimum absolute atomic E-state index is 0.368. The zero-order chi connectivity index (χ0) is 13.9. The van der Waals surface area contributed by atoms with Crippen molar-refractivity contribution in [2.75, 3.05) is 7.11 Å². The van der Waals surface area contributed by atoms with Gasteiger partial charge in [0.2, 0.25) is 0 Å². The van der Waals surface area contributed by atoms with Gasteiger partial charge in [0.05, 0.1) is 7.11 Å². The molecule has 1 unspecified atom stereocenters. The van der Waals surface area contributed by atoms with Crippen LogP contribution >= 0.6 is 0 Å². The first-order valence-corrected chi connectivity index (χ1v) is 6.91. The van der Waals surface area contributed by atoms with Crippen LogP contribution < -0.4 is 4.74 Å². The summed E-state index contributed by atoms with van der Waals surface area (Å²) in [6.45, 7) is 2.25. The monoisotopic (exact) mass is 262 g/mol. The third-order valence-electron chi connectivity index (χ3n) is 3.91. The molecule has 0 N–H and O–H groups in total. The number of fused-ring (bicyclic) bond motifs is 1. The Morgan fingerprint density at radius 2 is 1.50 bits per heavy atom. The summed E-state index contributed by atoms with van der Waals surface area (Å²) in [4.78, 5) is 0. The molecule has 0 aliphatic heterocycles. The first kappa shape index (κ1) is 12.7. The van der Waals surface area contributed by atoms with Crippen LogP contribution in [0.3, 0.4) is 0 Å². The van der Waals surface area contributed by atoms with E-state index in [9.17, 15) is 0 Å². The van der Waals surface area contributed by atoms with Crippen LogP contribution in [0.25, 0.3) is 10.8 Å². The van der Waals surface area contributed by atoms with Crippen LogP contribution in [0.1, 0.15) is 24.0 Å². The molecule has 20 heavy (non-hydrogen) atoms. The van der Waals surface area contributed by atoms with Crippen molar-refractivity contribution >= 4 is 10.8 Å². The Hall–Kier alpha value is -2.28. The summed E-state index contributed by atoms with van der Waals surface area (Å²) >= 11 is 0. The lowest BCUT2D eigenvalue weighted by molar-refractivity contribution is 0.414. The van der Waals surface area contributed by atoms with Crippen molar-refractivity contribution in [3.8, 4) is 5.75 Å². The van der Waals surface area contributed by atoms with Gasteiger partial charge in [-0.05, 0) is 34.0 Å². The average Bonchev–Trinajstić information content (AvgIpc) is 2.54. The Morgan fingerprint density at radius 1 is 0.800 bits per heavy atom. The first-order valence-electron chi connectivity index (χ1n) is 6.91. The summed E-state index contributed by atoms with van der Waals surface area (Å²) in [6.07, 6.45) is 0. The zero-order valence-electron chi connectivity index (χ0n) is 11.8. The number of methoxy groups -OCH3 is 1. The normalized spacial score (nSPS) is 12.3. The van der Waals surface area contributed by atoms with E-state index in [4.69, 9.17) is 4.74 Å². The maximum Gasteiger partial charge on any atom is 0.118 e. The molecule has 3 aromatic rings. The van der Waals surface area contributed by atoms with Crippen molar-refractivity contribution in [1.29, 1.82) is 0 Å². The smallest absolute Gasteiger partial charge is 0.118 e. The molecule has 3 aromatic carbocycles. The highest BCUT2D eigenvalue weighted by atomic mass is 16.5. The Bertz CT molecular complexity index is 708. The van der Waals surface area contributed by atoms with Crippen molar-refractivity contribution < 1.29 is 4.74 Å². The number of benzene rings is 3. The minimum Gasteiger partial charge on any atom is -0.497 e. The fourth-order valence-corrected chi connectivity index (χ4v) is 2.70. The maximum atomic E-state index is 5.22. The highest BCUT2D eigenvalue weighted by molar-refractivity contribution is 5.86. The zero-order valence-corrected chi connectivity index (χ0v) is 11.8. The van der Waals surface area contributed by atoms with Gasteiger partial charge in [0.25, 0.3) is 0 Å². The van der Waals surface area contributed by atoms with Gasteiger partial charge in [0, 0.05) is 5.92 Å². The predicted molar refractivity (Wildman–Crippen MR) is 84.5 cm³/mol. The van der Waals surface area contributed by atoms with E-state index in [-0.39, 0.29) is 0 Å². The van der Waals surface area contributed by atoms with Gasteiger partial charge in [-0.25, -0.2) is 0 Å². The lowest BCUT2D eigenvalue weighted by Crippen LogP contribution is -1.97. The molecule has 0 radical (unpaired) electrons. The van der Waals surface area contributed by atoms with E-state index in [0.29, 0.717) is 5.92 Å². The van der Waals surface area contributed by atoms with Crippen LogP contribution in [0.5, 0.6) is 5.75 Å². The highest BCUT2D eigenvalue weighted by Gasteiger charge is 2.11. The first-order chi connectivity index (χ1) is 9.79. The second-order valence-electron chi connectivity index (χ2n) is 5.06. The Morgan fingerprint density at radius 3 is 2.25 bits per heavy atom. The second-order valence-corrected chi connectivity index (χ2v) is 5.06. The van der Waals surface area contributed by atoms with E-state index in [1.807, 2.05) is 12.1 Å². The van der Waals surface area contributed by atoms with E-state index in [1.165, 1.54) is 21.9 Å². The van der Waals surface area contributed by atoms with Gasteiger partial charge in [-0.3, -0.25) is 0 Å². The Labute approximate surface area is 119 Å². The molecule has 0 saturated heterocycles. The highest BCUT2D eigenvalue weighted by Crippen LogP contribution is 2.31. The molecule has 0 bridgehead atoms. The standard InChI is InChI=1S/C19H18O/c1-14(15-10-12-17(20-2)13-11-15)18-9-5-7-16-6-3-4-8-19(16)18/h3-14H,1-2H3. The van der Waals surface area contributed by atoms with Gasteiger partial charge in [-0.1, -0.05) is 61.5 Å². The van der Waals surface area contributed by atoms with E-state index in [2.05, 4.69) is 61.5 Å². The average molecular weight is 262 g/mol. The molecule has 0 saturated carbocycles. The Kier molecular flexibility index (Phi) is 3.42. The number of ether oxygens (including phenoxy) is 1. The number of hydrogen-bond donors (Lipinski definition) is 0. The van der Waals surface area contributed by atoms with Crippen molar-refractivity contribution in [2.45, 2.75) is 12.8 Å². The van der Waals surface area contributed by atoms with Gasteiger partial charge >= 0.3 is 0 Å². The lowest BCUT2D eigenvalue weighted by atomic mass is 9.89. The molecule has 3 rings (SSSR count). The van der Waals surface area contributed by atoms with Gasteiger partial charge in [0.15, 0.2) is 0 Å². The van der Waals surface area contributed by atoms with Crippen LogP contribution in [0.4, 0.5) is 0 Å². The summed E-state index contributed by atoms with van der Waals surface area (Å²) in [5.41, 5.74) is 2.68. The summed E-state index contributed by atoms with van der Waals surface area (Å²) in [7, 11) is 1.70. The van der Waals surface area contributed by atoms with Crippen LogP contribution in [-0.2, 0) is 0 Å². The summed E-state index contributed by atoms with van der Waals surface area (Å²) in [5, 5.41) is 2.63. The molecular formula is C19H18O. The molecule has 0 spiro atoms. The molecule has 0 aliphatic rings. The second kappa shape index (κ2) is 5.38. The van der Waals surface area contributed by atoms with E-state index < -0.39 is 0 Å². The summed E-state index contributed by atoms with van der Waals surface area (Å²) < 4.78 is 5.22. The molecule has 0 fully saturated rings. The van der Waals surface area contributed by atoms with E-state index in [1.54, 1.807) is 7.11 Å². The summed E-state index contributed by atoms with van der Waals surface area (Å²) in [6, 6.07) is 23.4. The molecule has 1 nitrogen and oxygen atoms in total. The fourth-order valence-electron chi connectivity index (χ4n) is 2.70. The fraction of sp³-hybridized carbons (Fsp3) is 0.158. The molecule has 0 aromatic heterocycles. The Balaban J connectivity index is 2.05. The summed E-state index contributed by atoms with van der Waals surface area (Å²) in [5.74, 6) is 1.27. The SMILES string of the molecule is COc1ccc(C(C)c2cccc3ccccc23)cc1. The maximum absolute atomic E-state index is 5.22. The van der Waals surface area contributed by atoms with E-state index >= 15 is 0 Å². The quantitative estimate of drug-likeness (QED) is 0.645. The largest absolute Gasteiger partial charge is 0.497 e. The molecule has 1 heteroatoms. The molecule has 100 valence electrons. The van der Waals surface area contributed by atoms with Crippen LogP contribution in [0.15, 0.2) is 66.7 Å². The number of hydrogen-bond acceptors (Lipinski definition) is 1. The van der Waals surface area contributed by atoms with Crippen molar-refractivity contribution in [3.63, 3.8) is 0 Å². The molecule has 0 amide bonds. The van der Waals surface area contributed by atoms with Crippen molar-refractivity contribution in [3.05, 3.63) is 77.9 Å². The third-order valence-corrected chi connectivity index (χ3v) is 3.91. The van der Waals surface area contributed by atoms with Gasteiger partial charge in [-0.2, -0.15) is 0 Å². The van der Waals surface area contributed by atoms with Crippen LogP contribution in [0.2, 0.25) is 0 Å². The van der Waals surface area contributed by atoms with Gasteiger partial charge in [-0.15, -0.1) is 0 Å². The lowest BCUT2D eigenvalue weighted by Gasteiger charge is -2.15. The van der Waals surface area contributed by atoms with Crippen LogP contribution in [-0.4, -0.2) is 7.11 Å². The molecule has 1 atom stereocenters.